The van der Waals surface area contributed by atoms with Crippen molar-refractivity contribution in [3.63, 3.8) is 0 Å². The molecule has 3 fully saturated rings. The molecule has 126 valence electrons. The zero-order chi connectivity index (χ0) is 16.6. The predicted molar refractivity (Wildman–Crippen MR) is 90.9 cm³/mol. The molecule has 0 amide bonds. The Morgan fingerprint density at radius 2 is 1.57 bits per heavy atom. The van der Waals surface area contributed by atoms with Crippen LogP contribution in [0.1, 0.15) is 72.6 Å². The quantitative estimate of drug-likeness (QED) is 0.606. The van der Waals surface area contributed by atoms with Gasteiger partial charge in [0.05, 0.1) is 0 Å². The van der Waals surface area contributed by atoms with Gasteiger partial charge in [-0.3, -0.25) is 9.59 Å². The molecule has 3 saturated carbocycles. The van der Waals surface area contributed by atoms with Crippen molar-refractivity contribution in [1.29, 1.82) is 0 Å². The second kappa shape index (κ2) is 4.58. The lowest BCUT2D eigenvalue weighted by molar-refractivity contribution is -0.135. The molecule has 0 bridgehead atoms. The standard InChI is InChI=1S/C21H30O2/c1-19(2)16-7-5-13-14-6-8-18(23)21(14,4)11-9-15(13)20(16,3)12-10-17(19)22/h7,13-15H,5-6,8-12H2,1-4H3/t13-,14-,15-,20+,21-/m0/s1. The summed E-state index contributed by atoms with van der Waals surface area (Å²) in [5.41, 5.74) is 1.25. The number of hydrogen-bond donors (Lipinski definition) is 0. The van der Waals surface area contributed by atoms with Gasteiger partial charge < -0.3 is 0 Å². The van der Waals surface area contributed by atoms with Gasteiger partial charge in [0.2, 0.25) is 0 Å². The van der Waals surface area contributed by atoms with E-state index in [0.717, 1.165) is 38.5 Å². The molecule has 4 rings (SSSR count). The van der Waals surface area contributed by atoms with Crippen molar-refractivity contribution in [2.24, 2.45) is 34.0 Å². The van der Waals surface area contributed by atoms with Gasteiger partial charge in [-0.1, -0.05) is 25.5 Å². The Kier molecular flexibility index (Phi) is 3.11. The molecule has 4 aliphatic rings. The van der Waals surface area contributed by atoms with Gasteiger partial charge in [-0.2, -0.15) is 0 Å². The van der Waals surface area contributed by atoms with Crippen LogP contribution in [0, 0.1) is 34.0 Å². The molecule has 2 nitrogen and oxygen atoms in total. The van der Waals surface area contributed by atoms with Crippen molar-refractivity contribution < 1.29 is 9.59 Å². The molecule has 5 atom stereocenters. The summed E-state index contributed by atoms with van der Waals surface area (Å²) in [5, 5.41) is 0. The summed E-state index contributed by atoms with van der Waals surface area (Å²) >= 11 is 0. The molecule has 0 heterocycles. The Labute approximate surface area is 140 Å². The van der Waals surface area contributed by atoms with Crippen LogP contribution in [-0.2, 0) is 9.59 Å². The van der Waals surface area contributed by atoms with E-state index < -0.39 is 0 Å². The summed E-state index contributed by atoms with van der Waals surface area (Å²) in [5.74, 6) is 2.82. The molecular formula is C21H30O2. The highest BCUT2D eigenvalue weighted by atomic mass is 16.1. The van der Waals surface area contributed by atoms with E-state index in [1.807, 2.05) is 0 Å². The summed E-state index contributed by atoms with van der Waals surface area (Å²) in [6, 6.07) is 0. The van der Waals surface area contributed by atoms with Crippen molar-refractivity contribution in [2.45, 2.75) is 72.6 Å². The topological polar surface area (TPSA) is 34.1 Å². The van der Waals surface area contributed by atoms with Gasteiger partial charge in [0.1, 0.15) is 11.6 Å². The first-order chi connectivity index (χ1) is 10.7. The first-order valence-corrected chi connectivity index (χ1v) is 9.49. The molecule has 0 saturated heterocycles. The van der Waals surface area contributed by atoms with Crippen LogP contribution in [0.5, 0.6) is 0 Å². The molecule has 0 aromatic carbocycles. The lowest BCUT2D eigenvalue weighted by Gasteiger charge is -2.58. The average molecular weight is 314 g/mol. The number of Topliss-reactive ketones (excluding diaryl/α,β-unsaturated/α-hetero) is 2. The molecule has 0 N–H and O–H groups in total. The smallest absolute Gasteiger partial charge is 0.142 e. The van der Waals surface area contributed by atoms with E-state index in [1.165, 1.54) is 12.0 Å². The third-order valence-electron chi connectivity index (χ3n) is 8.42. The summed E-state index contributed by atoms with van der Waals surface area (Å²) in [4.78, 5) is 24.9. The molecule has 2 heteroatoms. The van der Waals surface area contributed by atoms with E-state index in [9.17, 15) is 9.59 Å². The fourth-order valence-corrected chi connectivity index (χ4v) is 6.99. The fraction of sp³-hybridized carbons (Fsp3) is 0.810. The van der Waals surface area contributed by atoms with Gasteiger partial charge in [-0.05, 0) is 69.1 Å². The lowest BCUT2D eigenvalue weighted by Crippen LogP contribution is -2.53. The fourth-order valence-electron chi connectivity index (χ4n) is 6.99. The summed E-state index contributed by atoms with van der Waals surface area (Å²) < 4.78 is 0. The minimum Gasteiger partial charge on any atom is -0.299 e. The van der Waals surface area contributed by atoms with E-state index in [0.29, 0.717) is 29.3 Å². The molecule has 0 aliphatic heterocycles. The molecule has 0 spiro atoms. The van der Waals surface area contributed by atoms with Crippen LogP contribution in [0.25, 0.3) is 0 Å². The van der Waals surface area contributed by atoms with Crippen LogP contribution in [-0.4, -0.2) is 11.6 Å². The highest BCUT2D eigenvalue weighted by Crippen LogP contribution is 2.65. The molecule has 0 aromatic heterocycles. The van der Waals surface area contributed by atoms with Gasteiger partial charge in [0.25, 0.3) is 0 Å². The normalized spacial score (nSPS) is 48.3. The maximum atomic E-state index is 12.5. The van der Waals surface area contributed by atoms with E-state index in [-0.39, 0.29) is 16.2 Å². The summed E-state index contributed by atoms with van der Waals surface area (Å²) in [7, 11) is 0. The molecule has 0 radical (unpaired) electrons. The van der Waals surface area contributed by atoms with Crippen molar-refractivity contribution in [3.05, 3.63) is 11.6 Å². The van der Waals surface area contributed by atoms with Gasteiger partial charge in [0.15, 0.2) is 0 Å². The first-order valence-electron chi connectivity index (χ1n) is 9.49. The first kappa shape index (κ1) is 15.6. The van der Waals surface area contributed by atoms with Gasteiger partial charge >= 0.3 is 0 Å². The number of carbonyl (C=O) groups excluding carboxylic acids is 2. The van der Waals surface area contributed by atoms with Crippen LogP contribution < -0.4 is 0 Å². The summed E-state index contributed by atoms with van der Waals surface area (Å²) in [6.07, 6.45) is 9.35. The number of hydrogen-bond acceptors (Lipinski definition) is 2. The highest BCUT2D eigenvalue weighted by Gasteiger charge is 2.60. The monoisotopic (exact) mass is 314 g/mol. The average Bonchev–Trinajstić information content (AvgIpc) is 2.79. The van der Waals surface area contributed by atoms with Gasteiger partial charge in [-0.15, -0.1) is 0 Å². The highest BCUT2D eigenvalue weighted by molar-refractivity contribution is 5.89. The Morgan fingerprint density at radius 1 is 0.870 bits per heavy atom. The molecule has 4 aliphatic carbocycles. The van der Waals surface area contributed by atoms with Gasteiger partial charge in [0, 0.05) is 23.7 Å². The number of fused-ring (bicyclic) bond motifs is 5. The van der Waals surface area contributed by atoms with Crippen LogP contribution >= 0.6 is 0 Å². The minimum absolute atomic E-state index is 0.0527. The SMILES string of the molecule is CC1(C)C(=O)CC[C@@]2(C)C1=CC[C@@H]1[C@@H]2CC[C@]2(C)C(=O)CC[C@@H]12. The van der Waals surface area contributed by atoms with E-state index in [1.54, 1.807) is 0 Å². The largest absolute Gasteiger partial charge is 0.299 e. The molecule has 0 unspecified atom stereocenters. The molecule has 0 aromatic rings. The van der Waals surface area contributed by atoms with Crippen LogP contribution in [0.15, 0.2) is 11.6 Å². The molecular weight excluding hydrogens is 284 g/mol. The summed E-state index contributed by atoms with van der Waals surface area (Å²) in [6.45, 7) is 8.91. The lowest BCUT2D eigenvalue weighted by atomic mass is 9.45. The Morgan fingerprint density at radius 3 is 2.30 bits per heavy atom. The van der Waals surface area contributed by atoms with E-state index >= 15 is 0 Å². The zero-order valence-corrected chi connectivity index (χ0v) is 15.1. The third kappa shape index (κ3) is 1.81. The number of allylic oxidation sites excluding steroid dienone is 2. The maximum Gasteiger partial charge on any atom is 0.142 e. The van der Waals surface area contributed by atoms with Crippen molar-refractivity contribution in [2.75, 3.05) is 0 Å². The van der Waals surface area contributed by atoms with Crippen LogP contribution in [0.3, 0.4) is 0 Å². The predicted octanol–water partition coefficient (Wildman–Crippen LogP) is 4.72. The van der Waals surface area contributed by atoms with Crippen LogP contribution in [0.4, 0.5) is 0 Å². The van der Waals surface area contributed by atoms with E-state index in [2.05, 4.69) is 33.8 Å². The minimum atomic E-state index is -0.287. The maximum absolute atomic E-state index is 12.5. The van der Waals surface area contributed by atoms with Crippen molar-refractivity contribution >= 4 is 11.6 Å². The number of carbonyl (C=O) groups is 2. The van der Waals surface area contributed by atoms with Gasteiger partial charge in [-0.25, -0.2) is 0 Å². The van der Waals surface area contributed by atoms with E-state index in [4.69, 9.17) is 0 Å². The third-order valence-corrected chi connectivity index (χ3v) is 8.42. The van der Waals surface area contributed by atoms with Crippen LogP contribution in [0.2, 0.25) is 0 Å². The Hall–Kier alpha value is -0.920. The Balaban J connectivity index is 1.76. The van der Waals surface area contributed by atoms with Crippen molar-refractivity contribution in [1.82, 2.24) is 0 Å². The number of ketones is 2. The Bertz CT molecular complexity index is 613. The number of rotatable bonds is 0. The second-order valence-corrected chi connectivity index (χ2v) is 9.61. The second-order valence-electron chi connectivity index (χ2n) is 9.61. The van der Waals surface area contributed by atoms with Crippen molar-refractivity contribution in [3.8, 4) is 0 Å². The molecule has 23 heavy (non-hydrogen) atoms. The zero-order valence-electron chi connectivity index (χ0n) is 15.1.